The number of carbonyl (C=O) groups is 1. The van der Waals surface area contributed by atoms with E-state index < -0.39 is 25.0 Å². The van der Waals surface area contributed by atoms with Gasteiger partial charge in [-0.1, -0.05) is 55.6 Å². The van der Waals surface area contributed by atoms with Crippen LogP contribution in [0.4, 0.5) is 0 Å². The van der Waals surface area contributed by atoms with Crippen molar-refractivity contribution in [3.05, 3.63) is 24.3 Å². The second-order valence-corrected chi connectivity index (χ2v) is 27.1. The Kier molecular flexibility index (Phi) is 15.8. The minimum absolute atomic E-state index is 0.0709. The zero-order valence-electron chi connectivity index (χ0n) is 27.0. The van der Waals surface area contributed by atoms with Crippen molar-refractivity contribution < 1.29 is 22.9 Å². The largest absolute Gasteiger partial charge is 0.520 e. The standard InChI is InChI=1S/C30H59NO5Si3/c1-12-13-16-19-25(34-37(3,4)5)22-23-27-26(28(31-33-2)24-29(27)35-38(6,7)8)20-17-14-15-18-21-30(32)36-39(9,10)11/h14,17,22-23,25-27,29H,12-13,15-16,18-21,24H2,1-11H3/b17-14+,23-22+,31-28+. The first kappa shape index (κ1) is 36.0. The summed E-state index contributed by atoms with van der Waals surface area (Å²) in [6, 6.07) is 0. The van der Waals surface area contributed by atoms with Gasteiger partial charge >= 0.3 is 0 Å². The molecule has 0 heterocycles. The molecule has 1 fully saturated rings. The summed E-state index contributed by atoms with van der Waals surface area (Å²) in [5, 5.41) is 4.46. The third kappa shape index (κ3) is 16.8. The Morgan fingerprint density at radius 1 is 0.974 bits per heavy atom. The van der Waals surface area contributed by atoms with E-state index in [0.29, 0.717) is 6.42 Å². The number of oxime groups is 1. The van der Waals surface area contributed by atoms with E-state index in [2.05, 4.69) is 75.7 Å². The van der Waals surface area contributed by atoms with E-state index in [-0.39, 0.29) is 30.0 Å². The van der Waals surface area contributed by atoms with Crippen molar-refractivity contribution in [2.75, 3.05) is 7.11 Å². The highest BCUT2D eigenvalue weighted by molar-refractivity contribution is 6.71. The number of allylic oxidation sites excluding steroid dienone is 2. The molecule has 9 heteroatoms. The van der Waals surface area contributed by atoms with Crippen LogP contribution in [-0.4, -0.2) is 56.0 Å². The topological polar surface area (TPSA) is 66.4 Å². The SMILES string of the molecule is CCCCCC(/C=C/C1C(O[Si](C)(C)C)C/C(=N\OC)C1C/C=C/CCCC(=O)O[Si](C)(C)C)O[Si](C)(C)C. The number of rotatable bonds is 18. The monoisotopic (exact) mass is 597 g/mol. The Bertz CT molecular complexity index is 809. The van der Waals surface area contributed by atoms with Crippen LogP contribution in [0, 0.1) is 11.8 Å². The van der Waals surface area contributed by atoms with E-state index >= 15 is 0 Å². The molecule has 0 aromatic carbocycles. The molecule has 226 valence electrons. The van der Waals surface area contributed by atoms with Gasteiger partial charge in [0.15, 0.2) is 16.6 Å². The highest BCUT2D eigenvalue weighted by Crippen LogP contribution is 2.38. The van der Waals surface area contributed by atoms with Gasteiger partial charge < -0.3 is 18.1 Å². The molecule has 0 amide bonds. The fraction of sp³-hybridized carbons (Fsp3) is 0.800. The first-order valence-corrected chi connectivity index (χ1v) is 25.3. The maximum Gasteiger partial charge on any atom is 0.292 e. The predicted molar refractivity (Wildman–Crippen MR) is 173 cm³/mol. The highest BCUT2D eigenvalue weighted by Gasteiger charge is 2.42. The van der Waals surface area contributed by atoms with Crippen LogP contribution in [0.3, 0.4) is 0 Å². The van der Waals surface area contributed by atoms with E-state index in [9.17, 15) is 4.79 Å². The molecule has 4 unspecified atom stereocenters. The summed E-state index contributed by atoms with van der Waals surface area (Å²) in [6.07, 6.45) is 17.9. The summed E-state index contributed by atoms with van der Waals surface area (Å²) >= 11 is 0. The van der Waals surface area contributed by atoms with Gasteiger partial charge in [-0.2, -0.15) is 0 Å². The maximum atomic E-state index is 12.0. The molecule has 0 bridgehead atoms. The molecule has 1 saturated carbocycles. The number of hydrogen-bond acceptors (Lipinski definition) is 6. The number of unbranched alkanes of at least 4 members (excludes halogenated alkanes) is 3. The Labute approximate surface area is 243 Å². The van der Waals surface area contributed by atoms with Crippen molar-refractivity contribution in [3.63, 3.8) is 0 Å². The van der Waals surface area contributed by atoms with Crippen LogP contribution in [0.15, 0.2) is 29.5 Å². The maximum absolute atomic E-state index is 12.0. The zero-order valence-corrected chi connectivity index (χ0v) is 30.0. The molecule has 1 aliphatic rings. The van der Waals surface area contributed by atoms with Gasteiger partial charge in [0.25, 0.3) is 5.97 Å². The molecule has 1 aliphatic carbocycles. The van der Waals surface area contributed by atoms with Crippen molar-refractivity contribution >= 4 is 36.6 Å². The fourth-order valence-corrected chi connectivity index (χ4v) is 7.97. The van der Waals surface area contributed by atoms with Gasteiger partial charge in [0.05, 0.1) is 17.9 Å². The van der Waals surface area contributed by atoms with E-state index in [4.69, 9.17) is 18.1 Å². The predicted octanol–water partition coefficient (Wildman–Crippen LogP) is 8.70. The van der Waals surface area contributed by atoms with Gasteiger partial charge in [-0.05, 0) is 84.6 Å². The molecular weight excluding hydrogens is 539 g/mol. The van der Waals surface area contributed by atoms with Crippen LogP contribution in [0.2, 0.25) is 58.9 Å². The molecule has 0 spiro atoms. The van der Waals surface area contributed by atoms with E-state index in [1.54, 1.807) is 7.11 Å². The van der Waals surface area contributed by atoms with E-state index in [1.807, 2.05) is 19.6 Å². The smallest absolute Gasteiger partial charge is 0.292 e. The Morgan fingerprint density at radius 2 is 1.67 bits per heavy atom. The molecule has 0 radical (unpaired) electrons. The summed E-state index contributed by atoms with van der Waals surface area (Å²) in [5.74, 6) is 0.373. The molecule has 0 aromatic heterocycles. The van der Waals surface area contributed by atoms with Crippen LogP contribution in [0.1, 0.15) is 64.7 Å². The minimum Gasteiger partial charge on any atom is -0.520 e. The Morgan fingerprint density at radius 3 is 2.23 bits per heavy atom. The summed E-state index contributed by atoms with van der Waals surface area (Å²) in [5.41, 5.74) is 1.08. The number of carbonyl (C=O) groups excluding carboxylic acids is 1. The normalized spacial score (nSPS) is 22.7. The second kappa shape index (κ2) is 17.1. The Hall–Kier alpha value is -1.01. The van der Waals surface area contributed by atoms with Gasteiger partial charge in [0.1, 0.15) is 7.11 Å². The fourth-order valence-electron chi connectivity index (χ4n) is 4.94. The molecule has 39 heavy (non-hydrogen) atoms. The lowest BCUT2D eigenvalue weighted by Crippen LogP contribution is -2.35. The average molecular weight is 598 g/mol. The second-order valence-electron chi connectivity index (χ2n) is 13.8. The number of hydrogen-bond donors (Lipinski definition) is 0. The van der Waals surface area contributed by atoms with Crippen molar-refractivity contribution in [3.8, 4) is 0 Å². The molecule has 0 aliphatic heterocycles. The molecule has 0 aromatic rings. The van der Waals surface area contributed by atoms with Crippen molar-refractivity contribution in [1.29, 1.82) is 0 Å². The molecule has 4 atom stereocenters. The third-order valence-corrected chi connectivity index (χ3v) is 9.18. The van der Waals surface area contributed by atoms with Crippen LogP contribution in [0.5, 0.6) is 0 Å². The molecule has 0 saturated heterocycles. The number of nitrogens with zero attached hydrogens (tertiary/aromatic N) is 1. The quantitative estimate of drug-likeness (QED) is 0.0684. The summed E-state index contributed by atoms with van der Waals surface area (Å²) < 4.78 is 18.8. The van der Waals surface area contributed by atoms with Gasteiger partial charge in [-0.15, -0.1) is 0 Å². The highest BCUT2D eigenvalue weighted by atomic mass is 28.4. The first-order valence-electron chi connectivity index (χ1n) is 15.1. The van der Waals surface area contributed by atoms with Crippen molar-refractivity contribution in [2.45, 2.75) is 136 Å². The average Bonchev–Trinajstić information content (AvgIpc) is 3.06. The van der Waals surface area contributed by atoms with Crippen LogP contribution < -0.4 is 0 Å². The van der Waals surface area contributed by atoms with Crippen LogP contribution in [0.25, 0.3) is 0 Å². The van der Waals surface area contributed by atoms with Crippen molar-refractivity contribution in [1.82, 2.24) is 0 Å². The lowest BCUT2D eigenvalue weighted by Gasteiger charge is -2.29. The summed E-state index contributed by atoms with van der Waals surface area (Å²) in [7, 11) is -3.62. The molecule has 1 rings (SSSR count). The lowest BCUT2D eigenvalue weighted by atomic mass is 9.89. The van der Waals surface area contributed by atoms with Gasteiger partial charge in [0, 0.05) is 24.7 Å². The van der Waals surface area contributed by atoms with Crippen LogP contribution >= 0.6 is 0 Å². The van der Waals surface area contributed by atoms with Crippen molar-refractivity contribution in [2.24, 2.45) is 17.0 Å². The Balaban J connectivity index is 3.03. The van der Waals surface area contributed by atoms with Crippen LogP contribution in [-0.2, 0) is 22.9 Å². The first-order chi connectivity index (χ1) is 18.0. The van der Waals surface area contributed by atoms with Gasteiger partial charge in [0.2, 0.25) is 8.32 Å². The molecule has 6 nitrogen and oxygen atoms in total. The van der Waals surface area contributed by atoms with Gasteiger partial charge in [-0.3, -0.25) is 4.79 Å². The molecule has 0 N–H and O–H groups in total. The summed E-state index contributed by atoms with van der Waals surface area (Å²) in [6.45, 7) is 21.9. The summed E-state index contributed by atoms with van der Waals surface area (Å²) in [4.78, 5) is 17.3. The van der Waals surface area contributed by atoms with E-state index in [0.717, 1.165) is 37.8 Å². The zero-order chi connectivity index (χ0) is 29.7. The van der Waals surface area contributed by atoms with Gasteiger partial charge in [-0.25, -0.2) is 0 Å². The minimum atomic E-state index is -1.81. The molecular formula is C30H59NO5Si3. The third-order valence-electron chi connectivity index (χ3n) is 6.32. The lowest BCUT2D eigenvalue weighted by molar-refractivity contribution is -0.135. The van der Waals surface area contributed by atoms with E-state index in [1.165, 1.54) is 19.3 Å².